The minimum Gasteiger partial charge on any atom is -0.376 e. The summed E-state index contributed by atoms with van der Waals surface area (Å²) in [6.07, 6.45) is 0. The van der Waals surface area contributed by atoms with Gasteiger partial charge in [-0.1, -0.05) is 11.6 Å². The molecule has 0 spiro atoms. The van der Waals surface area contributed by atoms with E-state index in [2.05, 4.69) is 10.6 Å². The van der Waals surface area contributed by atoms with Crippen LogP contribution >= 0.6 is 11.6 Å². The fourth-order valence-electron chi connectivity index (χ4n) is 0.780. The van der Waals surface area contributed by atoms with Crippen molar-refractivity contribution in [3.8, 4) is 0 Å². The van der Waals surface area contributed by atoms with Gasteiger partial charge in [0.05, 0.1) is 0 Å². The van der Waals surface area contributed by atoms with Gasteiger partial charge in [-0.05, 0) is 24.3 Å². The number of hydrogen-bond acceptors (Lipinski definition) is 2. The van der Waals surface area contributed by atoms with Crippen LogP contribution in [0.15, 0.2) is 24.3 Å². The SMILES string of the molecule is O=C(NCO)Nc1ccc(Cl)cc1. The summed E-state index contributed by atoms with van der Waals surface area (Å²) in [7, 11) is 0. The number of benzene rings is 1. The molecule has 0 aliphatic carbocycles. The van der Waals surface area contributed by atoms with Gasteiger partial charge in [-0.2, -0.15) is 0 Å². The number of carbonyl (C=O) groups excluding carboxylic acids is 1. The fraction of sp³-hybridized carbons (Fsp3) is 0.125. The van der Waals surface area contributed by atoms with Crippen LogP contribution in [0.5, 0.6) is 0 Å². The molecular formula is C8H9ClN2O2. The van der Waals surface area contributed by atoms with E-state index in [4.69, 9.17) is 16.7 Å². The number of urea groups is 1. The second-order valence-electron chi connectivity index (χ2n) is 2.30. The molecule has 70 valence electrons. The molecule has 0 heterocycles. The van der Waals surface area contributed by atoms with Crippen LogP contribution < -0.4 is 10.6 Å². The van der Waals surface area contributed by atoms with E-state index in [-0.39, 0.29) is 6.73 Å². The number of nitrogens with one attached hydrogen (secondary N) is 2. The first-order valence-corrected chi connectivity index (χ1v) is 4.01. The highest BCUT2D eigenvalue weighted by Crippen LogP contribution is 2.12. The first-order valence-electron chi connectivity index (χ1n) is 3.63. The van der Waals surface area contributed by atoms with Crippen molar-refractivity contribution < 1.29 is 9.90 Å². The monoisotopic (exact) mass is 200 g/mol. The summed E-state index contributed by atoms with van der Waals surface area (Å²) in [5.41, 5.74) is 0.621. The van der Waals surface area contributed by atoms with Gasteiger partial charge in [0.25, 0.3) is 0 Å². The van der Waals surface area contributed by atoms with Gasteiger partial charge in [0.15, 0.2) is 0 Å². The van der Waals surface area contributed by atoms with Crippen LogP contribution in [-0.2, 0) is 0 Å². The number of aliphatic hydroxyl groups excluding tert-OH is 1. The van der Waals surface area contributed by atoms with Crippen molar-refractivity contribution in [1.29, 1.82) is 0 Å². The van der Waals surface area contributed by atoms with Crippen molar-refractivity contribution in [2.75, 3.05) is 12.0 Å². The van der Waals surface area contributed by atoms with E-state index in [9.17, 15) is 4.79 Å². The molecule has 13 heavy (non-hydrogen) atoms. The Bertz CT molecular complexity index is 287. The summed E-state index contributed by atoms with van der Waals surface area (Å²) in [4.78, 5) is 10.9. The zero-order valence-corrected chi connectivity index (χ0v) is 7.51. The van der Waals surface area contributed by atoms with Crippen molar-refractivity contribution in [2.45, 2.75) is 0 Å². The Morgan fingerprint density at radius 3 is 2.54 bits per heavy atom. The smallest absolute Gasteiger partial charge is 0.321 e. The molecule has 0 aliphatic heterocycles. The molecule has 3 N–H and O–H groups in total. The third kappa shape index (κ3) is 3.31. The number of halogens is 1. The predicted octanol–water partition coefficient (Wildman–Crippen LogP) is 1.41. The number of carbonyl (C=O) groups is 1. The lowest BCUT2D eigenvalue weighted by Crippen LogP contribution is -2.29. The molecule has 4 nitrogen and oxygen atoms in total. The molecule has 0 unspecified atom stereocenters. The molecule has 0 fully saturated rings. The van der Waals surface area contributed by atoms with Gasteiger partial charge in [-0.3, -0.25) is 0 Å². The Morgan fingerprint density at radius 1 is 1.38 bits per heavy atom. The molecule has 0 aliphatic rings. The van der Waals surface area contributed by atoms with Gasteiger partial charge in [-0.15, -0.1) is 0 Å². The quantitative estimate of drug-likeness (QED) is 0.633. The average molecular weight is 201 g/mol. The second-order valence-corrected chi connectivity index (χ2v) is 2.73. The van der Waals surface area contributed by atoms with E-state index >= 15 is 0 Å². The summed E-state index contributed by atoms with van der Waals surface area (Å²) in [6, 6.07) is 6.20. The lowest BCUT2D eigenvalue weighted by molar-refractivity contribution is 0.228. The van der Waals surface area contributed by atoms with E-state index in [1.807, 2.05) is 0 Å². The molecule has 0 atom stereocenters. The van der Waals surface area contributed by atoms with E-state index in [1.165, 1.54) is 0 Å². The van der Waals surface area contributed by atoms with Crippen LogP contribution in [0.4, 0.5) is 10.5 Å². The summed E-state index contributed by atoms with van der Waals surface area (Å²) in [6.45, 7) is -0.389. The number of anilines is 1. The van der Waals surface area contributed by atoms with Crippen LogP contribution in [0.1, 0.15) is 0 Å². The molecule has 0 saturated carbocycles. The molecular weight excluding hydrogens is 192 g/mol. The van der Waals surface area contributed by atoms with Gasteiger partial charge in [0.1, 0.15) is 6.73 Å². The van der Waals surface area contributed by atoms with Crippen LogP contribution in [0.25, 0.3) is 0 Å². The normalized spacial score (nSPS) is 9.38. The van der Waals surface area contributed by atoms with Gasteiger partial charge in [0, 0.05) is 10.7 Å². The minimum atomic E-state index is -0.454. The third-order valence-electron chi connectivity index (χ3n) is 1.34. The van der Waals surface area contributed by atoms with Gasteiger partial charge < -0.3 is 15.7 Å². The van der Waals surface area contributed by atoms with Crippen LogP contribution in [-0.4, -0.2) is 17.9 Å². The number of hydrogen-bond donors (Lipinski definition) is 3. The molecule has 1 aromatic rings. The topological polar surface area (TPSA) is 61.4 Å². The Kier molecular flexibility index (Phi) is 3.54. The van der Waals surface area contributed by atoms with E-state index in [1.54, 1.807) is 24.3 Å². The first kappa shape index (κ1) is 9.83. The predicted molar refractivity (Wildman–Crippen MR) is 50.7 cm³/mol. The standard InChI is InChI=1S/C8H9ClN2O2/c9-6-1-3-7(4-2-6)11-8(13)10-5-12/h1-4,12H,5H2,(H2,10,11,13). The van der Waals surface area contributed by atoms with Crippen molar-refractivity contribution in [1.82, 2.24) is 5.32 Å². The maximum atomic E-state index is 10.9. The lowest BCUT2D eigenvalue weighted by atomic mass is 10.3. The summed E-state index contributed by atoms with van der Waals surface area (Å²) >= 11 is 5.64. The molecule has 1 aromatic carbocycles. The Morgan fingerprint density at radius 2 is 2.00 bits per heavy atom. The van der Waals surface area contributed by atoms with Crippen LogP contribution in [0.2, 0.25) is 5.02 Å². The van der Waals surface area contributed by atoms with Crippen molar-refractivity contribution in [3.63, 3.8) is 0 Å². The van der Waals surface area contributed by atoms with E-state index < -0.39 is 6.03 Å². The van der Waals surface area contributed by atoms with Crippen molar-refractivity contribution >= 4 is 23.3 Å². The highest BCUT2D eigenvalue weighted by atomic mass is 35.5. The van der Waals surface area contributed by atoms with Crippen LogP contribution in [0.3, 0.4) is 0 Å². The van der Waals surface area contributed by atoms with Gasteiger partial charge in [0.2, 0.25) is 0 Å². The summed E-state index contributed by atoms with van der Waals surface area (Å²) in [5, 5.41) is 13.7. The molecule has 0 bridgehead atoms. The third-order valence-corrected chi connectivity index (χ3v) is 1.59. The minimum absolute atomic E-state index is 0.389. The second kappa shape index (κ2) is 4.69. The zero-order chi connectivity index (χ0) is 9.68. The highest BCUT2D eigenvalue weighted by molar-refractivity contribution is 6.30. The fourth-order valence-corrected chi connectivity index (χ4v) is 0.906. The zero-order valence-electron chi connectivity index (χ0n) is 6.75. The molecule has 0 radical (unpaired) electrons. The van der Waals surface area contributed by atoms with Gasteiger partial charge in [-0.25, -0.2) is 4.79 Å². The van der Waals surface area contributed by atoms with E-state index in [0.717, 1.165) is 0 Å². The highest BCUT2D eigenvalue weighted by Gasteiger charge is 1.98. The lowest BCUT2D eigenvalue weighted by Gasteiger charge is -2.04. The number of aliphatic hydroxyl groups is 1. The molecule has 1 rings (SSSR count). The Labute approximate surface area is 80.5 Å². The number of amides is 2. The van der Waals surface area contributed by atoms with Gasteiger partial charge >= 0.3 is 6.03 Å². The Balaban J connectivity index is 2.54. The molecule has 0 saturated heterocycles. The number of rotatable bonds is 2. The average Bonchev–Trinajstić information content (AvgIpc) is 2.09. The maximum Gasteiger partial charge on any atom is 0.321 e. The molecule has 2 amide bonds. The first-order chi connectivity index (χ1) is 6.22. The Hall–Kier alpha value is -1.26. The maximum absolute atomic E-state index is 10.9. The molecule has 0 aromatic heterocycles. The molecule has 5 heteroatoms. The summed E-state index contributed by atoms with van der Waals surface area (Å²) in [5.74, 6) is 0. The van der Waals surface area contributed by atoms with Crippen LogP contribution in [0, 0.1) is 0 Å². The summed E-state index contributed by atoms with van der Waals surface area (Å²) < 4.78 is 0. The van der Waals surface area contributed by atoms with Crippen molar-refractivity contribution in [2.24, 2.45) is 0 Å². The van der Waals surface area contributed by atoms with Crippen molar-refractivity contribution in [3.05, 3.63) is 29.3 Å². The van der Waals surface area contributed by atoms with E-state index in [0.29, 0.717) is 10.7 Å². The largest absolute Gasteiger partial charge is 0.376 e.